The molecule has 2 rings (SSSR count). The van der Waals surface area contributed by atoms with Crippen molar-refractivity contribution >= 4 is 11.9 Å². The number of aliphatic carboxylic acids is 1. The van der Waals surface area contributed by atoms with Crippen molar-refractivity contribution in [3.8, 4) is 0 Å². The zero-order valence-electron chi connectivity index (χ0n) is 11.8. The van der Waals surface area contributed by atoms with Crippen LogP contribution in [0.1, 0.15) is 27.9 Å². The highest BCUT2D eigenvalue weighted by molar-refractivity contribution is 5.94. The van der Waals surface area contributed by atoms with Gasteiger partial charge in [-0.15, -0.1) is 0 Å². The molecule has 20 heavy (non-hydrogen) atoms. The molecule has 1 aromatic rings. The number of hydrogen-bond acceptors (Lipinski definition) is 3. The number of carboxylic acid groups (broad SMARTS) is 1. The van der Waals surface area contributed by atoms with Gasteiger partial charge in [-0.25, -0.2) is 0 Å². The first kappa shape index (κ1) is 14.5. The third kappa shape index (κ3) is 3.57. The van der Waals surface area contributed by atoms with Crippen molar-refractivity contribution in [2.24, 2.45) is 0 Å². The molecule has 0 unspecified atom stereocenters. The highest BCUT2D eigenvalue weighted by Gasteiger charge is 2.26. The number of nitrogens with zero attached hydrogens (tertiary/aromatic N) is 1. The van der Waals surface area contributed by atoms with E-state index in [-0.39, 0.29) is 12.3 Å². The van der Waals surface area contributed by atoms with E-state index < -0.39 is 12.1 Å². The van der Waals surface area contributed by atoms with Crippen molar-refractivity contribution in [3.63, 3.8) is 0 Å². The summed E-state index contributed by atoms with van der Waals surface area (Å²) in [5, 5.41) is 8.80. The summed E-state index contributed by atoms with van der Waals surface area (Å²) in [4.78, 5) is 24.9. The maximum absolute atomic E-state index is 12.5. The van der Waals surface area contributed by atoms with E-state index in [1.54, 1.807) is 4.90 Å². The van der Waals surface area contributed by atoms with Gasteiger partial charge in [-0.3, -0.25) is 9.59 Å². The number of carboxylic acids is 1. The smallest absolute Gasteiger partial charge is 0.306 e. The molecule has 1 fully saturated rings. The van der Waals surface area contributed by atoms with Gasteiger partial charge in [0.1, 0.15) is 0 Å². The Morgan fingerprint density at radius 2 is 1.95 bits per heavy atom. The molecule has 0 aromatic heterocycles. The van der Waals surface area contributed by atoms with Gasteiger partial charge in [0.05, 0.1) is 19.1 Å². The maximum atomic E-state index is 12.5. The van der Waals surface area contributed by atoms with Gasteiger partial charge in [0.15, 0.2) is 0 Å². The molecule has 1 heterocycles. The summed E-state index contributed by atoms with van der Waals surface area (Å²) in [5.41, 5.74) is 2.74. The van der Waals surface area contributed by atoms with Crippen LogP contribution in [0, 0.1) is 13.8 Å². The third-order valence-electron chi connectivity index (χ3n) is 3.30. The van der Waals surface area contributed by atoms with Gasteiger partial charge >= 0.3 is 5.97 Å². The molecule has 108 valence electrons. The van der Waals surface area contributed by atoms with Crippen molar-refractivity contribution in [2.75, 3.05) is 19.7 Å². The molecule has 0 spiro atoms. The van der Waals surface area contributed by atoms with Gasteiger partial charge < -0.3 is 14.7 Å². The van der Waals surface area contributed by atoms with Crippen LogP contribution in [-0.4, -0.2) is 47.7 Å². The Labute approximate surface area is 118 Å². The number of aryl methyl sites for hydroxylation is 2. The zero-order chi connectivity index (χ0) is 14.7. The molecule has 5 heteroatoms. The minimum absolute atomic E-state index is 0.0597. The molecule has 1 N–H and O–H groups in total. The number of ether oxygens (including phenoxy) is 1. The highest BCUT2D eigenvalue weighted by atomic mass is 16.5. The molecule has 1 saturated heterocycles. The van der Waals surface area contributed by atoms with Gasteiger partial charge in [0.2, 0.25) is 0 Å². The van der Waals surface area contributed by atoms with Crippen LogP contribution in [0.2, 0.25) is 0 Å². The number of amides is 1. The van der Waals surface area contributed by atoms with Crippen molar-refractivity contribution < 1.29 is 19.4 Å². The summed E-state index contributed by atoms with van der Waals surface area (Å²) >= 11 is 0. The van der Waals surface area contributed by atoms with Gasteiger partial charge in [0.25, 0.3) is 5.91 Å². The molecule has 1 amide bonds. The number of hydrogen-bond donors (Lipinski definition) is 1. The molecule has 0 radical (unpaired) electrons. The lowest BCUT2D eigenvalue weighted by molar-refractivity contribution is -0.141. The van der Waals surface area contributed by atoms with E-state index in [2.05, 4.69) is 0 Å². The SMILES string of the molecule is Cc1cc(C)cc(C(=O)N2CCO[C@@H](CC(=O)O)C2)c1. The van der Waals surface area contributed by atoms with Crippen LogP contribution in [0.5, 0.6) is 0 Å². The molecule has 0 bridgehead atoms. The van der Waals surface area contributed by atoms with Crippen LogP contribution < -0.4 is 0 Å². The first-order chi connectivity index (χ1) is 9.45. The molecule has 1 aromatic carbocycles. The van der Waals surface area contributed by atoms with Crippen LogP contribution >= 0.6 is 0 Å². The summed E-state index contributed by atoms with van der Waals surface area (Å²) in [6.07, 6.45) is -0.493. The Morgan fingerprint density at radius 1 is 1.30 bits per heavy atom. The standard InChI is InChI=1S/C15H19NO4/c1-10-5-11(2)7-12(6-10)15(19)16-3-4-20-13(9-16)8-14(17)18/h5-7,13H,3-4,8-9H2,1-2H3,(H,17,18)/t13-/m0/s1. The zero-order valence-corrected chi connectivity index (χ0v) is 11.8. The summed E-state index contributed by atoms with van der Waals surface area (Å²) in [6.45, 7) is 5.13. The molecule has 1 atom stereocenters. The lowest BCUT2D eigenvalue weighted by Gasteiger charge is -2.32. The van der Waals surface area contributed by atoms with Crippen molar-refractivity contribution in [1.82, 2.24) is 4.90 Å². The third-order valence-corrected chi connectivity index (χ3v) is 3.30. The van der Waals surface area contributed by atoms with E-state index in [1.807, 2.05) is 32.0 Å². The number of rotatable bonds is 3. The first-order valence-electron chi connectivity index (χ1n) is 6.66. The van der Waals surface area contributed by atoms with E-state index in [0.29, 0.717) is 25.3 Å². The highest BCUT2D eigenvalue weighted by Crippen LogP contribution is 2.15. The van der Waals surface area contributed by atoms with Crippen molar-refractivity contribution in [2.45, 2.75) is 26.4 Å². The lowest BCUT2D eigenvalue weighted by Crippen LogP contribution is -2.46. The Kier molecular flexibility index (Phi) is 4.39. The van der Waals surface area contributed by atoms with Gasteiger partial charge in [-0.2, -0.15) is 0 Å². The van der Waals surface area contributed by atoms with E-state index in [0.717, 1.165) is 11.1 Å². The number of carbonyl (C=O) groups excluding carboxylic acids is 1. The second kappa shape index (κ2) is 6.05. The minimum Gasteiger partial charge on any atom is -0.481 e. The fourth-order valence-electron chi connectivity index (χ4n) is 2.50. The predicted octanol–water partition coefficient (Wildman–Crippen LogP) is 1.62. The van der Waals surface area contributed by atoms with Crippen LogP contribution in [-0.2, 0) is 9.53 Å². The molecular weight excluding hydrogens is 258 g/mol. The molecule has 0 saturated carbocycles. The molecule has 1 aliphatic rings. The second-order valence-corrected chi connectivity index (χ2v) is 5.22. The predicted molar refractivity (Wildman–Crippen MR) is 73.8 cm³/mol. The van der Waals surface area contributed by atoms with Gasteiger partial charge in [0, 0.05) is 18.7 Å². The summed E-state index contributed by atoms with van der Waals surface area (Å²) in [6, 6.07) is 5.73. The average molecular weight is 277 g/mol. The Hall–Kier alpha value is -1.88. The molecule has 5 nitrogen and oxygen atoms in total. The molecule has 0 aliphatic carbocycles. The van der Waals surface area contributed by atoms with Crippen molar-refractivity contribution in [1.29, 1.82) is 0 Å². The fraction of sp³-hybridized carbons (Fsp3) is 0.467. The summed E-state index contributed by atoms with van der Waals surface area (Å²) in [5.74, 6) is -0.966. The normalized spacial score (nSPS) is 18.9. The minimum atomic E-state index is -0.907. The van der Waals surface area contributed by atoms with Gasteiger partial charge in [-0.1, -0.05) is 17.2 Å². The first-order valence-corrected chi connectivity index (χ1v) is 6.66. The summed E-state index contributed by atoms with van der Waals surface area (Å²) < 4.78 is 5.38. The number of benzene rings is 1. The topological polar surface area (TPSA) is 66.8 Å². The number of morpholine rings is 1. The van der Waals surface area contributed by atoms with Crippen LogP contribution in [0.3, 0.4) is 0 Å². The van der Waals surface area contributed by atoms with E-state index in [1.165, 1.54) is 0 Å². The summed E-state index contributed by atoms with van der Waals surface area (Å²) in [7, 11) is 0. The van der Waals surface area contributed by atoms with Crippen LogP contribution in [0.15, 0.2) is 18.2 Å². The molecule has 1 aliphatic heterocycles. The van der Waals surface area contributed by atoms with E-state index in [4.69, 9.17) is 9.84 Å². The van der Waals surface area contributed by atoms with E-state index >= 15 is 0 Å². The monoisotopic (exact) mass is 277 g/mol. The average Bonchev–Trinajstić information content (AvgIpc) is 2.36. The van der Waals surface area contributed by atoms with Crippen LogP contribution in [0.25, 0.3) is 0 Å². The van der Waals surface area contributed by atoms with Gasteiger partial charge in [-0.05, 0) is 26.0 Å². The largest absolute Gasteiger partial charge is 0.481 e. The lowest BCUT2D eigenvalue weighted by atomic mass is 10.1. The maximum Gasteiger partial charge on any atom is 0.306 e. The van der Waals surface area contributed by atoms with E-state index in [9.17, 15) is 9.59 Å². The Balaban J connectivity index is 2.10. The number of carbonyl (C=O) groups is 2. The second-order valence-electron chi connectivity index (χ2n) is 5.22. The molecular formula is C15H19NO4. The quantitative estimate of drug-likeness (QED) is 0.911. The van der Waals surface area contributed by atoms with Crippen LogP contribution in [0.4, 0.5) is 0 Å². The Bertz CT molecular complexity index is 506. The van der Waals surface area contributed by atoms with Crippen molar-refractivity contribution in [3.05, 3.63) is 34.9 Å². The Morgan fingerprint density at radius 3 is 2.55 bits per heavy atom. The fourth-order valence-corrected chi connectivity index (χ4v) is 2.50.